The molecule has 172 valence electrons. The quantitative estimate of drug-likeness (QED) is 0.566. The Kier molecular flexibility index (Phi) is 5.89. The van der Waals surface area contributed by atoms with Crippen LogP contribution in [0.25, 0.3) is 0 Å². The van der Waals surface area contributed by atoms with Gasteiger partial charge in [0, 0.05) is 18.5 Å². The van der Waals surface area contributed by atoms with E-state index in [-0.39, 0.29) is 11.9 Å². The van der Waals surface area contributed by atoms with Gasteiger partial charge in [-0.05, 0) is 67.9 Å². The Morgan fingerprint density at radius 1 is 1.12 bits per heavy atom. The average Bonchev–Trinajstić information content (AvgIpc) is 3.67. The zero-order valence-corrected chi connectivity index (χ0v) is 19.4. The average molecular weight is 439 g/mol. The second-order valence-electron chi connectivity index (χ2n) is 9.62. The predicted octanol–water partition coefficient (Wildman–Crippen LogP) is 4.75. The van der Waals surface area contributed by atoms with Crippen molar-refractivity contribution in [3.8, 4) is 11.5 Å². The van der Waals surface area contributed by atoms with E-state index in [0.717, 1.165) is 42.4 Å². The van der Waals surface area contributed by atoms with Crippen molar-refractivity contribution in [1.29, 1.82) is 0 Å². The van der Waals surface area contributed by atoms with Crippen molar-refractivity contribution in [3.63, 3.8) is 0 Å². The number of likely N-dealkylation sites (tertiary alicyclic amines) is 1. The van der Waals surface area contributed by atoms with Crippen LogP contribution >= 0.6 is 0 Å². The van der Waals surface area contributed by atoms with Gasteiger partial charge in [-0.1, -0.05) is 13.0 Å². The van der Waals surface area contributed by atoms with Crippen LogP contribution in [0.5, 0.6) is 11.5 Å². The highest BCUT2D eigenvalue weighted by Crippen LogP contribution is 2.47. The van der Waals surface area contributed by atoms with Crippen LogP contribution < -0.4 is 9.47 Å². The lowest BCUT2D eigenvalue weighted by Crippen LogP contribution is -2.40. The molecule has 3 fully saturated rings. The second-order valence-corrected chi connectivity index (χ2v) is 9.62. The van der Waals surface area contributed by atoms with E-state index in [4.69, 9.17) is 13.9 Å². The van der Waals surface area contributed by atoms with Crippen LogP contribution in [0.1, 0.15) is 68.1 Å². The van der Waals surface area contributed by atoms with Gasteiger partial charge in [-0.2, -0.15) is 0 Å². The molecule has 2 aliphatic carbocycles. The van der Waals surface area contributed by atoms with Crippen LogP contribution in [0.4, 0.5) is 0 Å². The van der Waals surface area contributed by atoms with Gasteiger partial charge in [0.2, 0.25) is 5.91 Å². The number of furan rings is 1. The lowest BCUT2D eigenvalue weighted by Gasteiger charge is -2.29. The molecule has 3 unspecified atom stereocenters. The molecule has 6 nitrogen and oxygen atoms in total. The first-order valence-electron chi connectivity index (χ1n) is 11.9. The first kappa shape index (κ1) is 21.4. The molecule has 2 aromatic rings. The molecule has 0 bridgehead atoms. The van der Waals surface area contributed by atoms with Gasteiger partial charge < -0.3 is 18.8 Å². The Morgan fingerprint density at radius 2 is 1.91 bits per heavy atom. The molecular formula is C26H34N2O4. The number of benzene rings is 1. The summed E-state index contributed by atoms with van der Waals surface area (Å²) in [4.78, 5) is 17.8. The van der Waals surface area contributed by atoms with Crippen LogP contribution in [0.3, 0.4) is 0 Å². The molecule has 32 heavy (non-hydrogen) atoms. The monoisotopic (exact) mass is 438 g/mol. The molecule has 0 radical (unpaired) electrons. The number of rotatable bonds is 9. The number of ether oxygens (including phenoxy) is 2. The number of methoxy groups -OCH3 is 2. The summed E-state index contributed by atoms with van der Waals surface area (Å²) < 4.78 is 17.0. The molecular weight excluding hydrogens is 404 g/mol. The van der Waals surface area contributed by atoms with Gasteiger partial charge in [-0.25, -0.2) is 0 Å². The van der Waals surface area contributed by atoms with E-state index >= 15 is 0 Å². The van der Waals surface area contributed by atoms with E-state index in [9.17, 15) is 4.79 Å². The predicted molar refractivity (Wildman–Crippen MR) is 122 cm³/mol. The summed E-state index contributed by atoms with van der Waals surface area (Å²) >= 11 is 0. The van der Waals surface area contributed by atoms with E-state index in [1.165, 1.54) is 19.3 Å². The van der Waals surface area contributed by atoms with Crippen molar-refractivity contribution >= 4 is 5.91 Å². The minimum Gasteiger partial charge on any atom is -0.493 e. The maximum absolute atomic E-state index is 13.4. The summed E-state index contributed by atoms with van der Waals surface area (Å²) in [5, 5.41) is 0. The lowest BCUT2D eigenvalue weighted by molar-refractivity contribution is -0.133. The molecule has 1 amide bonds. The second kappa shape index (κ2) is 8.81. The number of carbonyl (C=O) groups excluding carboxylic acids is 1. The fraction of sp³-hybridized carbons (Fsp3) is 0.577. The fourth-order valence-electron chi connectivity index (χ4n) is 5.09. The van der Waals surface area contributed by atoms with E-state index in [2.05, 4.69) is 34.9 Å². The molecule has 0 spiro atoms. The first-order chi connectivity index (χ1) is 15.6. The largest absolute Gasteiger partial charge is 0.493 e. The maximum atomic E-state index is 13.4. The van der Waals surface area contributed by atoms with Crippen LogP contribution in [0.2, 0.25) is 0 Å². The molecule has 1 aromatic carbocycles. The van der Waals surface area contributed by atoms with Crippen LogP contribution in [-0.4, -0.2) is 49.1 Å². The van der Waals surface area contributed by atoms with Gasteiger partial charge in [0.05, 0.1) is 33.4 Å². The van der Waals surface area contributed by atoms with Gasteiger partial charge in [0.15, 0.2) is 11.5 Å². The molecule has 3 atom stereocenters. The van der Waals surface area contributed by atoms with Gasteiger partial charge in [-0.15, -0.1) is 0 Å². The number of carbonyl (C=O) groups is 1. The number of hydrogen-bond donors (Lipinski definition) is 0. The maximum Gasteiger partial charge on any atom is 0.237 e. The number of hydrogen-bond acceptors (Lipinski definition) is 5. The highest BCUT2D eigenvalue weighted by atomic mass is 16.5. The molecule has 1 aliphatic heterocycles. The normalized spacial score (nSPS) is 24.8. The summed E-state index contributed by atoms with van der Waals surface area (Å²) in [5.74, 6) is 5.05. The number of nitrogens with zero attached hydrogens (tertiary/aromatic N) is 2. The van der Waals surface area contributed by atoms with Crippen molar-refractivity contribution in [2.75, 3.05) is 27.3 Å². The van der Waals surface area contributed by atoms with E-state index in [1.54, 1.807) is 14.2 Å². The highest BCUT2D eigenvalue weighted by Gasteiger charge is 2.38. The molecule has 3 aliphatic rings. The van der Waals surface area contributed by atoms with Crippen LogP contribution in [-0.2, 0) is 11.3 Å². The van der Waals surface area contributed by atoms with Gasteiger partial charge in [0.1, 0.15) is 11.5 Å². The van der Waals surface area contributed by atoms with Gasteiger partial charge in [0.25, 0.3) is 0 Å². The molecule has 5 rings (SSSR count). The third kappa shape index (κ3) is 4.38. The van der Waals surface area contributed by atoms with E-state index in [0.29, 0.717) is 36.5 Å². The number of amides is 1. The summed E-state index contributed by atoms with van der Waals surface area (Å²) in [5.41, 5.74) is 1.11. The standard InChI is InChI=1S/C26H34N2O4/c1-17-13-21(17)23-11-9-20(32-23)15-27(19-7-8-19)16-26(29)28-12-4-5-22(28)18-6-10-24(30-2)25(14-18)31-3/h6,9-11,14,17,19,21-22H,4-5,7-8,12-13,15-16H2,1-3H3. The zero-order valence-electron chi connectivity index (χ0n) is 19.4. The minimum absolute atomic E-state index is 0.0925. The lowest BCUT2D eigenvalue weighted by atomic mass is 10.0. The smallest absolute Gasteiger partial charge is 0.237 e. The van der Waals surface area contributed by atoms with Gasteiger partial charge in [-0.3, -0.25) is 9.69 Å². The topological polar surface area (TPSA) is 55.2 Å². The van der Waals surface area contributed by atoms with Crippen molar-refractivity contribution in [2.45, 2.75) is 63.6 Å². The summed E-state index contributed by atoms with van der Waals surface area (Å²) in [6.45, 7) is 4.24. The van der Waals surface area contributed by atoms with E-state index < -0.39 is 0 Å². The van der Waals surface area contributed by atoms with Crippen LogP contribution in [0.15, 0.2) is 34.7 Å². The summed E-state index contributed by atoms with van der Waals surface area (Å²) in [6, 6.07) is 10.8. The van der Waals surface area contributed by atoms with Crippen molar-refractivity contribution in [3.05, 3.63) is 47.4 Å². The third-order valence-electron chi connectivity index (χ3n) is 7.28. The molecule has 2 heterocycles. The molecule has 2 saturated carbocycles. The summed E-state index contributed by atoms with van der Waals surface area (Å²) in [6.07, 6.45) is 5.56. The molecule has 1 saturated heterocycles. The SMILES string of the molecule is COc1ccc(C2CCCN2C(=O)CN(Cc2ccc(C3CC3C)o2)C2CC2)cc1OC. The molecule has 6 heteroatoms. The zero-order chi connectivity index (χ0) is 22.2. The Balaban J connectivity index is 1.26. The third-order valence-corrected chi connectivity index (χ3v) is 7.28. The van der Waals surface area contributed by atoms with Crippen LogP contribution in [0, 0.1) is 5.92 Å². The summed E-state index contributed by atoms with van der Waals surface area (Å²) in [7, 11) is 3.29. The van der Waals surface area contributed by atoms with Gasteiger partial charge >= 0.3 is 0 Å². The minimum atomic E-state index is 0.0925. The molecule has 1 aromatic heterocycles. The van der Waals surface area contributed by atoms with Crippen molar-refractivity contribution in [2.24, 2.45) is 5.92 Å². The first-order valence-corrected chi connectivity index (χ1v) is 11.9. The Morgan fingerprint density at radius 3 is 2.59 bits per heavy atom. The van der Waals surface area contributed by atoms with E-state index in [1.807, 2.05) is 12.1 Å². The molecule has 0 N–H and O–H groups in total. The highest BCUT2D eigenvalue weighted by molar-refractivity contribution is 5.79. The Bertz CT molecular complexity index is 966. The van der Waals surface area contributed by atoms with Crippen molar-refractivity contribution < 1.29 is 18.7 Å². The Labute approximate surface area is 190 Å². The Hall–Kier alpha value is -2.47. The van der Waals surface area contributed by atoms with Crippen molar-refractivity contribution in [1.82, 2.24) is 9.80 Å². The fourth-order valence-corrected chi connectivity index (χ4v) is 5.09.